The van der Waals surface area contributed by atoms with Crippen molar-refractivity contribution in [3.63, 3.8) is 0 Å². The molecular formula is C2H6B2N2S. The second kappa shape index (κ2) is 4.12. The third kappa shape index (κ3) is 3.79. The molecule has 0 fully saturated rings. The van der Waals surface area contributed by atoms with E-state index in [0.717, 1.165) is 0 Å². The fourth-order valence-electron chi connectivity index (χ4n) is 0.146. The van der Waals surface area contributed by atoms with Gasteiger partial charge in [-0.2, -0.15) is 0 Å². The molecule has 0 aliphatic heterocycles. The molecule has 0 aliphatic carbocycles. The van der Waals surface area contributed by atoms with Crippen molar-refractivity contribution in [3.05, 3.63) is 0 Å². The van der Waals surface area contributed by atoms with E-state index in [4.69, 9.17) is 0 Å². The number of nitrogens with zero attached hydrogens (tertiary/aromatic N) is 2. The van der Waals surface area contributed by atoms with Gasteiger partial charge in [0.05, 0.1) is 0 Å². The fraction of sp³-hybridized carbons (Fsp3) is 0.500. The molecule has 1 unspecified atom stereocenters. The van der Waals surface area contributed by atoms with E-state index in [0.29, 0.717) is 5.88 Å². The summed E-state index contributed by atoms with van der Waals surface area (Å²) in [6.45, 7) is 0. The summed E-state index contributed by atoms with van der Waals surface area (Å²) in [5, 5.41) is 0. The summed E-state index contributed by atoms with van der Waals surface area (Å²) in [4.78, 5) is 3.57. The van der Waals surface area contributed by atoms with Crippen molar-refractivity contribution in [1.29, 1.82) is 0 Å². The Bertz CT molecular complexity index is 102. The molecule has 36 valence electrons. The Hall–Kier alpha value is -0.0501. The Balaban J connectivity index is 3.36. The molecule has 0 amide bonds. The summed E-state index contributed by atoms with van der Waals surface area (Å²) >= 11 is 0. The molecule has 0 saturated heterocycles. The van der Waals surface area contributed by atoms with Crippen LogP contribution in [0, 0.1) is 0 Å². The SMILES string of the molecule is B=NCS(=C)N=B. The summed E-state index contributed by atoms with van der Waals surface area (Å²) in [6, 6.07) is 0. The van der Waals surface area contributed by atoms with Gasteiger partial charge in [0.2, 0.25) is 0 Å². The molecule has 2 nitrogen and oxygen atoms in total. The Morgan fingerprint density at radius 2 is 2.14 bits per heavy atom. The van der Waals surface area contributed by atoms with Crippen molar-refractivity contribution in [2.24, 2.45) is 9.20 Å². The normalized spacial score (nSPS) is 12.3. The fourth-order valence-corrected chi connectivity index (χ4v) is 0.439. The summed E-state index contributed by atoms with van der Waals surface area (Å²) in [7, 11) is 6.33. The van der Waals surface area contributed by atoms with E-state index >= 15 is 0 Å². The topological polar surface area (TPSA) is 24.7 Å². The Kier molecular flexibility index (Phi) is 4.09. The third-order valence-corrected chi connectivity index (χ3v) is 1.27. The number of rotatable bonds is 3. The molecular weight excluding hydrogens is 106 g/mol. The molecule has 0 aromatic rings. The van der Waals surface area contributed by atoms with Crippen LogP contribution in [0.5, 0.6) is 0 Å². The average molecular weight is 112 g/mol. The monoisotopic (exact) mass is 112 g/mol. The van der Waals surface area contributed by atoms with E-state index in [1.165, 1.54) is 0 Å². The van der Waals surface area contributed by atoms with Crippen molar-refractivity contribution in [2.45, 2.75) is 0 Å². The van der Waals surface area contributed by atoms with Gasteiger partial charge in [-0.15, -0.1) is 0 Å². The summed E-state index contributed by atoms with van der Waals surface area (Å²) in [5.41, 5.74) is 0. The van der Waals surface area contributed by atoms with E-state index in [1.807, 2.05) is 0 Å². The molecule has 0 rings (SSSR count). The standard InChI is InChI=1S/C2H6B2N2S/c1-7(6-4)2-5-3/h3-4H,1-2H2. The molecule has 0 saturated carbocycles. The summed E-state index contributed by atoms with van der Waals surface area (Å²) in [5.74, 6) is 4.21. The first-order valence-corrected chi connectivity index (χ1v) is 3.23. The van der Waals surface area contributed by atoms with Crippen LogP contribution in [0.4, 0.5) is 0 Å². The molecule has 0 N–H and O–H groups in total. The molecule has 0 bridgehead atoms. The van der Waals surface area contributed by atoms with E-state index in [2.05, 4.69) is 30.3 Å². The molecule has 0 aromatic heterocycles. The van der Waals surface area contributed by atoms with E-state index in [1.54, 1.807) is 0 Å². The minimum atomic E-state index is -0.242. The van der Waals surface area contributed by atoms with Gasteiger partial charge in [-0.05, 0) is 0 Å². The van der Waals surface area contributed by atoms with Crippen LogP contribution in [0.15, 0.2) is 9.20 Å². The van der Waals surface area contributed by atoms with Gasteiger partial charge >= 0.3 is 46.9 Å². The second-order valence-electron chi connectivity index (χ2n) is 0.944. The molecule has 0 aliphatic rings. The van der Waals surface area contributed by atoms with Crippen LogP contribution in [0.25, 0.3) is 0 Å². The zero-order chi connectivity index (χ0) is 5.70. The van der Waals surface area contributed by atoms with Crippen LogP contribution < -0.4 is 0 Å². The molecule has 0 spiro atoms. The van der Waals surface area contributed by atoms with Gasteiger partial charge in [0.15, 0.2) is 0 Å². The molecule has 0 heterocycles. The van der Waals surface area contributed by atoms with Crippen LogP contribution in [0.3, 0.4) is 0 Å². The van der Waals surface area contributed by atoms with Crippen molar-refractivity contribution < 1.29 is 0 Å². The predicted molar refractivity (Wildman–Crippen MR) is 38.7 cm³/mol. The third-order valence-electron chi connectivity index (χ3n) is 0.423. The number of hydrogen-bond acceptors (Lipinski definition) is 2. The molecule has 0 aromatic carbocycles. The van der Waals surface area contributed by atoms with Gasteiger partial charge in [-0.1, -0.05) is 0 Å². The summed E-state index contributed by atoms with van der Waals surface area (Å²) in [6.07, 6.45) is 0. The maximum atomic E-state index is 3.61. The van der Waals surface area contributed by atoms with Gasteiger partial charge < -0.3 is 0 Å². The zero-order valence-electron chi connectivity index (χ0n) is 4.13. The summed E-state index contributed by atoms with van der Waals surface area (Å²) < 4.78 is 3.61. The van der Waals surface area contributed by atoms with Crippen molar-refractivity contribution in [2.75, 3.05) is 5.88 Å². The molecule has 0 radical (unpaired) electrons. The molecule has 1 atom stereocenters. The first kappa shape index (κ1) is 6.95. The Morgan fingerprint density at radius 3 is 2.29 bits per heavy atom. The molecule has 7 heavy (non-hydrogen) atoms. The molecule has 5 heteroatoms. The minimum absolute atomic E-state index is 0.242. The second-order valence-corrected chi connectivity index (χ2v) is 2.39. The van der Waals surface area contributed by atoms with E-state index < -0.39 is 0 Å². The van der Waals surface area contributed by atoms with Crippen LogP contribution in [-0.2, 0) is 0 Å². The van der Waals surface area contributed by atoms with Crippen LogP contribution >= 0.6 is 10.7 Å². The average Bonchev–Trinajstić information content (AvgIpc) is 1.68. The zero-order valence-corrected chi connectivity index (χ0v) is 4.95. The Labute approximate surface area is 47.6 Å². The maximum absolute atomic E-state index is 3.61. The van der Waals surface area contributed by atoms with E-state index in [-0.39, 0.29) is 10.7 Å². The van der Waals surface area contributed by atoms with Crippen molar-refractivity contribution in [3.8, 4) is 0 Å². The Morgan fingerprint density at radius 1 is 1.57 bits per heavy atom. The van der Waals surface area contributed by atoms with Crippen LogP contribution in [-0.4, -0.2) is 27.0 Å². The van der Waals surface area contributed by atoms with Gasteiger partial charge in [-0.3, -0.25) is 0 Å². The van der Waals surface area contributed by atoms with Crippen molar-refractivity contribution in [1.82, 2.24) is 0 Å². The van der Waals surface area contributed by atoms with Gasteiger partial charge in [-0.25, -0.2) is 0 Å². The van der Waals surface area contributed by atoms with Crippen LogP contribution in [0.2, 0.25) is 0 Å². The van der Waals surface area contributed by atoms with Gasteiger partial charge in [0.25, 0.3) is 0 Å². The van der Waals surface area contributed by atoms with Crippen LogP contribution in [0.1, 0.15) is 0 Å². The van der Waals surface area contributed by atoms with Gasteiger partial charge in [0, 0.05) is 0 Å². The first-order chi connectivity index (χ1) is 3.31. The van der Waals surface area contributed by atoms with Gasteiger partial charge in [0.1, 0.15) is 0 Å². The van der Waals surface area contributed by atoms with E-state index in [9.17, 15) is 0 Å². The number of hydrogen-bond donors (Lipinski definition) is 0. The van der Waals surface area contributed by atoms with Crippen molar-refractivity contribution >= 4 is 31.8 Å². The first-order valence-electron chi connectivity index (χ1n) is 1.71. The quantitative estimate of drug-likeness (QED) is 0.354. The predicted octanol–water partition coefficient (Wildman–Crippen LogP) is -0.271.